The zero-order valence-electron chi connectivity index (χ0n) is 6.16. The maximum Gasteiger partial charge on any atom is 0.337 e. The summed E-state index contributed by atoms with van der Waals surface area (Å²) in [7, 11) is 0. The molecule has 0 N–H and O–H groups in total. The average Bonchev–Trinajstić information content (AvgIpc) is 2.37. The Labute approximate surface area is 64.3 Å². The number of ether oxygens (including phenoxy) is 1. The normalized spacial score (nSPS) is 9.18. The van der Waals surface area contributed by atoms with Crippen LogP contribution in [-0.4, -0.2) is 5.97 Å². The van der Waals surface area contributed by atoms with Gasteiger partial charge in [-0.25, -0.2) is 4.79 Å². The van der Waals surface area contributed by atoms with E-state index in [1.54, 1.807) is 13.0 Å². The average molecular weight is 152 g/mol. The van der Waals surface area contributed by atoms with Gasteiger partial charge in [-0.05, 0) is 13.0 Å². The highest BCUT2D eigenvalue weighted by atomic mass is 16.6. The fraction of sp³-hybridized carbons (Fsp3) is 0.125. The third kappa shape index (κ3) is 1.70. The van der Waals surface area contributed by atoms with E-state index < -0.39 is 5.97 Å². The van der Waals surface area contributed by atoms with E-state index in [2.05, 4.69) is 6.58 Å². The first-order valence-corrected chi connectivity index (χ1v) is 3.12. The molecule has 0 spiro atoms. The minimum Gasteiger partial charge on any atom is -0.434 e. The summed E-state index contributed by atoms with van der Waals surface area (Å²) in [5, 5.41) is 0. The van der Waals surface area contributed by atoms with Crippen LogP contribution in [0, 0.1) is 6.92 Å². The Morgan fingerprint density at radius 1 is 1.82 bits per heavy atom. The minimum absolute atomic E-state index is 0.231. The molecular weight excluding hydrogens is 144 g/mol. The highest BCUT2D eigenvalue weighted by Crippen LogP contribution is 2.17. The predicted molar refractivity (Wildman–Crippen MR) is 39.3 cm³/mol. The number of esters is 1. The Balaban J connectivity index is 2.71. The second-order valence-corrected chi connectivity index (χ2v) is 2.02. The summed E-state index contributed by atoms with van der Waals surface area (Å²) in [6.45, 7) is 5.04. The lowest BCUT2D eigenvalue weighted by molar-refractivity contribution is -0.130. The standard InChI is InChI=1S/C8H8O3/c1-3-7(9)11-8-6(2)4-5-10-8/h3-5H,1H2,2H3. The van der Waals surface area contributed by atoms with Crippen LogP contribution in [0.15, 0.2) is 29.4 Å². The van der Waals surface area contributed by atoms with Crippen molar-refractivity contribution in [2.45, 2.75) is 6.92 Å². The van der Waals surface area contributed by atoms with Crippen molar-refractivity contribution in [2.24, 2.45) is 0 Å². The molecule has 0 bridgehead atoms. The van der Waals surface area contributed by atoms with Crippen molar-refractivity contribution < 1.29 is 13.9 Å². The number of aryl methyl sites for hydroxylation is 1. The third-order valence-electron chi connectivity index (χ3n) is 1.18. The molecule has 0 amide bonds. The molecular formula is C8H8O3. The van der Waals surface area contributed by atoms with E-state index in [0.717, 1.165) is 11.6 Å². The number of hydrogen-bond acceptors (Lipinski definition) is 3. The SMILES string of the molecule is C=CC(=O)Oc1occc1C. The second kappa shape index (κ2) is 3.05. The van der Waals surface area contributed by atoms with Crippen LogP contribution < -0.4 is 4.74 Å². The summed E-state index contributed by atoms with van der Waals surface area (Å²) in [5.41, 5.74) is 0.792. The van der Waals surface area contributed by atoms with Gasteiger partial charge in [-0.3, -0.25) is 0 Å². The highest BCUT2D eigenvalue weighted by Gasteiger charge is 2.05. The molecule has 0 radical (unpaired) electrons. The van der Waals surface area contributed by atoms with Crippen LogP contribution in [0.2, 0.25) is 0 Å². The lowest BCUT2D eigenvalue weighted by Crippen LogP contribution is -2.02. The summed E-state index contributed by atoms with van der Waals surface area (Å²) in [4.78, 5) is 10.6. The first-order valence-electron chi connectivity index (χ1n) is 3.12. The van der Waals surface area contributed by atoms with Crippen molar-refractivity contribution in [1.82, 2.24) is 0 Å². The molecule has 0 saturated heterocycles. The highest BCUT2D eigenvalue weighted by molar-refractivity contribution is 5.83. The Morgan fingerprint density at radius 2 is 2.55 bits per heavy atom. The van der Waals surface area contributed by atoms with Gasteiger partial charge in [-0.2, -0.15) is 0 Å². The monoisotopic (exact) mass is 152 g/mol. The van der Waals surface area contributed by atoms with Gasteiger partial charge in [0.05, 0.1) is 6.26 Å². The first kappa shape index (κ1) is 7.60. The van der Waals surface area contributed by atoms with E-state index in [1.165, 1.54) is 6.26 Å². The van der Waals surface area contributed by atoms with Gasteiger partial charge in [0, 0.05) is 11.6 Å². The van der Waals surface area contributed by atoms with Gasteiger partial charge >= 0.3 is 5.97 Å². The Morgan fingerprint density at radius 3 is 3.00 bits per heavy atom. The molecule has 1 rings (SSSR count). The van der Waals surface area contributed by atoms with Crippen LogP contribution in [0.1, 0.15) is 5.56 Å². The molecule has 3 heteroatoms. The van der Waals surface area contributed by atoms with Gasteiger partial charge in [0.15, 0.2) is 0 Å². The zero-order chi connectivity index (χ0) is 8.27. The van der Waals surface area contributed by atoms with Gasteiger partial charge < -0.3 is 9.15 Å². The molecule has 0 aliphatic carbocycles. The Kier molecular flexibility index (Phi) is 2.11. The van der Waals surface area contributed by atoms with E-state index in [0.29, 0.717) is 0 Å². The molecule has 0 atom stereocenters. The third-order valence-corrected chi connectivity index (χ3v) is 1.18. The smallest absolute Gasteiger partial charge is 0.337 e. The van der Waals surface area contributed by atoms with Gasteiger partial charge in [0.25, 0.3) is 5.95 Å². The summed E-state index contributed by atoms with van der Waals surface area (Å²) >= 11 is 0. The van der Waals surface area contributed by atoms with Crippen LogP contribution in [0.25, 0.3) is 0 Å². The molecule has 0 unspecified atom stereocenters. The van der Waals surface area contributed by atoms with Crippen molar-refractivity contribution in [1.29, 1.82) is 0 Å². The molecule has 0 aliphatic heterocycles. The molecule has 1 heterocycles. The Bertz CT molecular complexity index is 273. The molecule has 1 aromatic rings. The van der Waals surface area contributed by atoms with Crippen LogP contribution in [0.5, 0.6) is 5.95 Å². The van der Waals surface area contributed by atoms with Crippen LogP contribution >= 0.6 is 0 Å². The van der Waals surface area contributed by atoms with E-state index in [9.17, 15) is 4.79 Å². The second-order valence-electron chi connectivity index (χ2n) is 2.02. The predicted octanol–water partition coefficient (Wildman–Crippen LogP) is 1.68. The first-order chi connectivity index (χ1) is 5.24. The zero-order valence-corrected chi connectivity index (χ0v) is 6.16. The van der Waals surface area contributed by atoms with E-state index in [-0.39, 0.29) is 5.95 Å². The fourth-order valence-corrected chi connectivity index (χ4v) is 0.596. The van der Waals surface area contributed by atoms with Crippen LogP contribution in [0.4, 0.5) is 0 Å². The lowest BCUT2D eigenvalue weighted by atomic mass is 10.4. The van der Waals surface area contributed by atoms with Gasteiger partial charge in [-0.15, -0.1) is 0 Å². The number of hydrogen-bond donors (Lipinski definition) is 0. The summed E-state index contributed by atoms with van der Waals surface area (Å²) in [6, 6.07) is 1.71. The molecule has 1 aromatic heterocycles. The summed E-state index contributed by atoms with van der Waals surface area (Å²) in [6.07, 6.45) is 2.54. The largest absolute Gasteiger partial charge is 0.434 e. The maximum atomic E-state index is 10.6. The number of rotatable bonds is 2. The van der Waals surface area contributed by atoms with Crippen molar-refractivity contribution in [3.63, 3.8) is 0 Å². The molecule has 58 valence electrons. The topological polar surface area (TPSA) is 39.4 Å². The van der Waals surface area contributed by atoms with Crippen LogP contribution in [0.3, 0.4) is 0 Å². The molecule has 0 saturated carbocycles. The fourth-order valence-electron chi connectivity index (χ4n) is 0.596. The van der Waals surface area contributed by atoms with E-state index >= 15 is 0 Å². The molecule has 3 nitrogen and oxygen atoms in total. The quantitative estimate of drug-likeness (QED) is 0.478. The van der Waals surface area contributed by atoms with E-state index in [1.807, 2.05) is 0 Å². The summed E-state index contributed by atoms with van der Waals surface area (Å²) < 4.78 is 9.56. The summed E-state index contributed by atoms with van der Waals surface area (Å²) in [5.74, 6) is -0.280. The molecule has 0 fully saturated rings. The van der Waals surface area contributed by atoms with Gasteiger partial charge in [-0.1, -0.05) is 6.58 Å². The molecule has 11 heavy (non-hydrogen) atoms. The van der Waals surface area contributed by atoms with E-state index in [4.69, 9.17) is 9.15 Å². The lowest BCUT2D eigenvalue weighted by Gasteiger charge is -1.95. The maximum absolute atomic E-state index is 10.6. The van der Waals surface area contributed by atoms with Crippen molar-refractivity contribution in [2.75, 3.05) is 0 Å². The van der Waals surface area contributed by atoms with Crippen molar-refractivity contribution in [3.8, 4) is 5.95 Å². The van der Waals surface area contributed by atoms with Gasteiger partial charge in [0.2, 0.25) is 0 Å². The Hall–Kier alpha value is -1.51. The molecule has 0 aliphatic rings. The number of carbonyl (C=O) groups excluding carboxylic acids is 1. The van der Waals surface area contributed by atoms with Gasteiger partial charge in [0.1, 0.15) is 0 Å². The number of furan rings is 1. The number of carbonyl (C=O) groups is 1. The van der Waals surface area contributed by atoms with Crippen molar-refractivity contribution >= 4 is 5.97 Å². The minimum atomic E-state index is -0.511. The molecule has 0 aromatic carbocycles. The van der Waals surface area contributed by atoms with Crippen LogP contribution in [-0.2, 0) is 4.79 Å². The van der Waals surface area contributed by atoms with Crippen molar-refractivity contribution in [3.05, 3.63) is 30.5 Å².